The standard InChI is InChI=1S/C32H38FN7O6/c1-31(2,3)45-29(41)34-11-10-19-12-23(38(7)37-19)20-13-25-28(40-17-35-36-27(20)40)39(30(42)46-32(4,5)6)14-21-22(33)8-9-24-26(21)18(15-43-24)16-44-25/h8-9,12-13,17-18H,10-11,14-16H2,1-7H3,(H,34,41). The fourth-order valence-corrected chi connectivity index (χ4v) is 5.67. The Balaban J connectivity index is 1.41. The van der Waals surface area contributed by atoms with E-state index in [0.29, 0.717) is 64.9 Å². The lowest BCUT2D eigenvalue weighted by atomic mass is 9.95. The molecule has 46 heavy (non-hydrogen) atoms. The van der Waals surface area contributed by atoms with E-state index in [-0.39, 0.29) is 19.1 Å². The summed E-state index contributed by atoms with van der Waals surface area (Å²) in [7, 11) is 1.80. The summed E-state index contributed by atoms with van der Waals surface area (Å²) in [6.07, 6.45) is 0.755. The Morgan fingerprint density at radius 1 is 1.04 bits per heavy atom. The van der Waals surface area contributed by atoms with E-state index >= 15 is 4.39 Å². The maximum Gasteiger partial charge on any atom is 0.416 e. The van der Waals surface area contributed by atoms with Crippen LogP contribution in [0.4, 0.5) is 19.8 Å². The molecular weight excluding hydrogens is 597 g/mol. The predicted octanol–water partition coefficient (Wildman–Crippen LogP) is 5.15. The Kier molecular flexibility index (Phi) is 7.77. The molecule has 0 radical (unpaired) electrons. The summed E-state index contributed by atoms with van der Waals surface area (Å²) in [6.45, 7) is 11.4. The number of benzene rings is 1. The van der Waals surface area contributed by atoms with Gasteiger partial charge < -0.3 is 24.3 Å². The van der Waals surface area contributed by atoms with E-state index in [2.05, 4.69) is 20.6 Å². The third-order valence-electron chi connectivity index (χ3n) is 7.50. The third-order valence-corrected chi connectivity index (χ3v) is 7.50. The van der Waals surface area contributed by atoms with E-state index in [1.807, 2.05) is 6.07 Å². The summed E-state index contributed by atoms with van der Waals surface area (Å²) in [6, 6.07) is 6.65. The van der Waals surface area contributed by atoms with Crippen molar-refractivity contribution in [3.63, 3.8) is 0 Å². The molecular formula is C32H38FN7O6. The number of carbonyl (C=O) groups is 2. The molecule has 6 rings (SSSR count). The van der Waals surface area contributed by atoms with Gasteiger partial charge in [-0.2, -0.15) is 5.10 Å². The number of fused-ring (bicyclic) bond motifs is 3. The zero-order valence-corrected chi connectivity index (χ0v) is 27.0. The number of anilines is 1. The number of pyridine rings is 1. The number of alkyl carbamates (subject to hydrolysis) is 1. The molecule has 0 saturated carbocycles. The van der Waals surface area contributed by atoms with Crippen LogP contribution in [0.15, 0.2) is 30.6 Å². The van der Waals surface area contributed by atoms with Crippen molar-refractivity contribution in [2.75, 3.05) is 24.7 Å². The first-order chi connectivity index (χ1) is 21.7. The molecule has 1 atom stereocenters. The quantitative estimate of drug-likeness (QED) is 0.323. The number of nitrogens with zero attached hydrogens (tertiary/aromatic N) is 6. The smallest absolute Gasteiger partial charge is 0.416 e. The molecule has 1 aromatic carbocycles. The number of aromatic nitrogens is 5. The van der Waals surface area contributed by atoms with Crippen molar-refractivity contribution >= 4 is 23.7 Å². The summed E-state index contributed by atoms with van der Waals surface area (Å²) in [5.74, 6) is 0.516. The molecule has 14 heteroatoms. The second-order valence-corrected chi connectivity index (χ2v) is 13.4. The van der Waals surface area contributed by atoms with Gasteiger partial charge in [0.25, 0.3) is 0 Å². The summed E-state index contributed by atoms with van der Waals surface area (Å²) >= 11 is 0. The molecule has 1 N–H and O–H groups in total. The van der Waals surface area contributed by atoms with Crippen LogP contribution >= 0.6 is 0 Å². The van der Waals surface area contributed by atoms with Gasteiger partial charge in [-0.15, -0.1) is 10.2 Å². The Hall–Kier alpha value is -4.88. The molecule has 2 aliphatic heterocycles. The Labute approximate surface area is 265 Å². The van der Waals surface area contributed by atoms with Crippen LogP contribution in [0.2, 0.25) is 0 Å². The van der Waals surface area contributed by atoms with Crippen molar-refractivity contribution in [2.45, 2.75) is 71.6 Å². The molecule has 0 spiro atoms. The number of carbonyl (C=O) groups excluding carboxylic acids is 2. The highest BCUT2D eigenvalue weighted by molar-refractivity contribution is 5.91. The van der Waals surface area contributed by atoms with Gasteiger partial charge in [0.15, 0.2) is 17.2 Å². The van der Waals surface area contributed by atoms with Crippen LogP contribution < -0.4 is 19.7 Å². The molecule has 0 bridgehead atoms. The van der Waals surface area contributed by atoms with Gasteiger partial charge in [0, 0.05) is 36.7 Å². The predicted molar refractivity (Wildman–Crippen MR) is 166 cm³/mol. The monoisotopic (exact) mass is 635 g/mol. The number of aryl methyl sites for hydroxylation is 1. The van der Waals surface area contributed by atoms with Gasteiger partial charge in [0.2, 0.25) is 0 Å². The number of hydrogen-bond donors (Lipinski definition) is 1. The fourth-order valence-electron chi connectivity index (χ4n) is 5.67. The second-order valence-electron chi connectivity index (χ2n) is 13.4. The Morgan fingerprint density at radius 2 is 1.76 bits per heavy atom. The highest BCUT2D eigenvalue weighted by Crippen LogP contribution is 2.44. The number of amides is 2. The molecule has 13 nitrogen and oxygen atoms in total. The lowest BCUT2D eigenvalue weighted by Gasteiger charge is -2.29. The zero-order valence-electron chi connectivity index (χ0n) is 27.0. The van der Waals surface area contributed by atoms with Crippen LogP contribution in [0.3, 0.4) is 0 Å². The number of rotatable bonds is 4. The van der Waals surface area contributed by atoms with Crippen molar-refractivity contribution in [3.8, 4) is 22.8 Å². The van der Waals surface area contributed by atoms with Crippen LogP contribution in [0.5, 0.6) is 11.5 Å². The van der Waals surface area contributed by atoms with E-state index in [1.54, 1.807) is 69.8 Å². The molecule has 0 fully saturated rings. The molecule has 244 valence electrons. The van der Waals surface area contributed by atoms with Gasteiger partial charge in [-0.1, -0.05) is 0 Å². The van der Waals surface area contributed by atoms with Crippen LogP contribution in [-0.2, 0) is 29.5 Å². The molecule has 3 aromatic heterocycles. The third kappa shape index (κ3) is 6.15. The highest BCUT2D eigenvalue weighted by atomic mass is 19.1. The van der Waals surface area contributed by atoms with Gasteiger partial charge in [-0.3, -0.25) is 14.0 Å². The van der Waals surface area contributed by atoms with Crippen LogP contribution in [-0.4, -0.2) is 67.5 Å². The normalized spacial score (nSPS) is 16.0. The van der Waals surface area contributed by atoms with Crippen LogP contribution in [0.1, 0.15) is 64.3 Å². The average molecular weight is 636 g/mol. The second kappa shape index (κ2) is 11.5. The minimum absolute atomic E-state index is 0.132. The highest BCUT2D eigenvalue weighted by Gasteiger charge is 2.37. The topological polar surface area (TPSA) is 134 Å². The first-order valence-corrected chi connectivity index (χ1v) is 15.1. The van der Waals surface area contributed by atoms with Crippen molar-refractivity contribution in [2.24, 2.45) is 7.05 Å². The molecule has 4 aromatic rings. The summed E-state index contributed by atoms with van der Waals surface area (Å²) < 4.78 is 42.3. The molecule has 5 heterocycles. The molecule has 0 aliphatic carbocycles. The minimum atomic E-state index is -0.824. The first-order valence-electron chi connectivity index (χ1n) is 15.1. The summed E-state index contributed by atoms with van der Waals surface area (Å²) in [4.78, 5) is 27.3. The Bertz CT molecular complexity index is 1820. The SMILES string of the molecule is Cn1nc(CCNC(=O)OC(C)(C)C)cc1-c1cc2c(n3cnnc13)N(C(=O)OC(C)(C)C)Cc1c(F)ccc3c1C(CO3)CO2. The first kappa shape index (κ1) is 31.1. The molecule has 2 aliphatic rings. The Morgan fingerprint density at radius 3 is 2.48 bits per heavy atom. The maximum absolute atomic E-state index is 15.5. The minimum Gasteiger partial charge on any atom is -0.493 e. The number of nitrogens with one attached hydrogen (secondary N) is 1. The maximum atomic E-state index is 15.5. The largest absolute Gasteiger partial charge is 0.493 e. The lowest BCUT2D eigenvalue weighted by Crippen LogP contribution is -2.38. The van der Waals surface area contributed by atoms with E-state index in [1.165, 1.54) is 17.3 Å². The number of ether oxygens (including phenoxy) is 4. The van der Waals surface area contributed by atoms with Gasteiger partial charge in [-0.05, 0) is 65.8 Å². The van der Waals surface area contributed by atoms with E-state index in [0.717, 1.165) is 5.69 Å². The lowest BCUT2D eigenvalue weighted by molar-refractivity contribution is 0.0526. The average Bonchev–Trinajstić information content (AvgIpc) is 3.68. The van der Waals surface area contributed by atoms with Crippen molar-refractivity contribution in [1.29, 1.82) is 0 Å². The fraction of sp³-hybridized carbons (Fsp3) is 0.469. The van der Waals surface area contributed by atoms with Gasteiger partial charge in [0.1, 0.15) is 29.1 Å². The summed E-state index contributed by atoms with van der Waals surface area (Å²) in [5.41, 5.74) is 2.11. The van der Waals surface area contributed by atoms with E-state index < -0.39 is 29.2 Å². The van der Waals surface area contributed by atoms with Crippen LogP contribution in [0, 0.1) is 5.82 Å². The van der Waals surface area contributed by atoms with Gasteiger partial charge >= 0.3 is 12.2 Å². The molecule has 2 amide bonds. The van der Waals surface area contributed by atoms with Gasteiger partial charge in [0.05, 0.1) is 37.1 Å². The van der Waals surface area contributed by atoms with E-state index in [9.17, 15) is 9.59 Å². The molecule has 0 saturated heterocycles. The number of hydrogen-bond acceptors (Lipinski definition) is 9. The van der Waals surface area contributed by atoms with Crippen molar-refractivity contribution in [1.82, 2.24) is 29.7 Å². The van der Waals surface area contributed by atoms with Gasteiger partial charge in [-0.25, -0.2) is 14.0 Å². The number of halogens is 1. The molecule has 1 unspecified atom stereocenters. The van der Waals surface area contributed by atoms with Crippen molar-refractivity contribution in [3.05, 3.63) is 53.2 Å². The van der Waals surface area contributed by atoms with Crippen LogP contribution in [0.25, 0.3) is 16.9 Å². The summed E-state index contributed by atoms with van der Waals surface area (Å²) in [5, 5.41) is 16.0. The van der Waals surface area contributed by atoms with E-state index in [4.69, 9.17) is 18.9 Å². The van der Waals surface area contributed by atoms with Crippen molar-refractivity contribution < 1.29 is 32.9 Å². The zero-order chi connectivity index (χ0) is 33.0.